The van der Waals surface area contributed by atoms with Gasteiger partial charge in [-0.2, -0.15) is 0 Å². The highest BCUT2D eigenvalue weighted by atomic mass is 32.2. The van der Waals surface area contributed by atoms with E-state index < -0.39 is 10.0 Å². The van der Waals surface area contributed by atoms with Gasteiger partial charge in [0.1, 0.15) is 0 Å². The van der Waals surface area contributed by atoms with Crippen LogP contribution in [-0.4, -0.2) is 20.4 Å². The number of carbonyl (C=O) groups is 1. The van der Waals surface area contributed by atoms with Crippen LogP contribution in [-0.2, 0) is 14.8 Å². The van der Waals surface area contributed by atoms with E-state index in [1.165, 1.54) is 25.5 Å². The molecule has 2 N–H and O–H groups in total. The van der Waals surface area contributed by atoms with Gasteiger partial charge in [0.2, 0.25) is 15.9 Å². The van der Waals surface area contributed by atoms with Crippen molar-refractivity contribution in [3.63, 3.8) is 0 Å². The maximum Gasteiger partial charge on any atom is 0.240 e. The molecule has 0 aliphatic heterocycles. The number of carbonyl (C=O) groups excluding carboxylic acids is 1. The van der Waals surface area contributed by atoms with Gasteiger partial charge in [-0.15, -0.1) is 0 Å². The van der Waals surface area contributed by atoms with Crippen molar-refractivity contribution >= 4 is 21.6 Å². The van der Waals surface area contributed by atoms with Crippen LogP contribution in [0.5, 0.6) is 0 Å². The van der Waals surface area contributed by atoms with Gasteiger partial charge in [0.25, 0.3) is 0 Å². The SMILES string of the molecule is CC(=O)Nc1ccc(S(=O)(=O)N[C@H]2C[C@@H]3CC[C@]2(C)C3(C)C)cc1. The number of hydrogen-bond acceptors (Lipinski definition) is 3. The average Bonchev–Trinajstić information content (AvgIpc) is 2.80. The second-order valence-corrected chi connectivity index (χ2v) is 9.70. The van der Waals surface area contributed by atoms with Crippen molar-refractivity contribution in [2.24, 2.45) is 16.7 Å². The number of hydrogen-bond donors (Lipinski definition) is 2. The van der Waals surface area contributed by atoms with E-state index in [0.717, 1.165) is 12.8 Å². The zero-order valence-corrected chi connectivity index (χ0v) is 15.5. The van der Waals surface area contributed by atoms with Crippen LogP contribution >= 0.6 is 0 Å². The summed E-state index contributed by atoms with van der Waals surface area (Å²) in [6, 6.07) is 6.28. The van der Waals surface area contributed by atoms with E-state index in [1.54, 1.807) is 12.1 Å². The Hall–Kier alpha value is -1.40. The van der Waals surface area contributed by atoms with Crippen LogP contribution in [0.3, 0.4) is 0 Å². The molecule has 2 fully saturated rings. The molecule has 0 spiro atoms. The van der Waals surface area contributed by atoms with E-state index in [1.807, 2.05) is 0 Å². The molecular formula is C18H26N2O3S. The summed E-state index contributed by atoms with van der Waals surface area (Å²) in [6.45, 7) is 8.17. The van der Waals surface area contributed by atoms with Crippen molar-refractivity contribution in [1.29, 1.82) is 0 Å². The monoisotopic (exact) mass is 350 g/mol. The topological polar surface area (TPSA) is 75.3 Å². The van der Waals surface area contributed by atoms with Crippen molar-refractivity contribution in [3.8, 4) is 0 Å². The Kier molecular flexibility index (Phi) is 4.04. The van der Waals surface area contributed by atoms with Crippen LogP contribution in [0.2, 0.25) is 0 Å². The normalized spacial score (nSPS) is 31.2. The van der Waals surface area contributed by atoms with Gasteiger partial charge in [0.05, 0.1) is 4.90 Å². The van der Waals surface area contributed by atoms with E-state index in [9.17, 15) is 13.2 Å². The minimum Gasteiger partial charge on any atom is -0.326 e. The summed E-state index contributed by atoms with van der Waals surface area (Å²) in [5.74, 6) is 0.401. The number of amides is 1. The molecule has 0 unspecified atom stereocenters. The maximum atomic E-state index is 12.8. The highest BCUT2D eigenvalue weighted by molar-refractivity contribution is 7.89. The molecule has 0 radical (unpaired) electrons. The molecule has 5 nitrogen and oxygen atoms in total. The van der Waals surface area contributed by atoms with Crippen LogP contribution in [0.15, 0.2) is 29.2 Å². The standard InChI is InChI=1S/C18H26N2O3S/c1-12(21)19-14-5-7-15(8-6-14)24(22,23)20-16-11-13-9-10-18(16,4)17(13,2)3/h5-8,13,16,20H,9-11H2,1-4H3,(H,19,21)/t13-,16-,18-/m0/s1. The highest BCUT2D eigenvalue weighted by Crippen LogP contribution is 2.65. The van der Waals surface area contributed by atoms with Crippen LogP contribution in [0.1, 0.15) is 47.0 Å². The van der Waals surface area contributed by atoms with Crippen LogP contribution in [0, 0.1) is 16.7 Å². The number of sulfonamides is 1. The molecular weight excluding hydrogens is 324 g/mol. The van der Waals surface area contributed by atoms with E-state index in [0.29, 0.717) is 11.6 Å². The summed E-state index contributed by atoms with van der Waals surface area (Å²) in [4.78, 5) is 11.3. The van der Waals surface area contributed by atoms with Gasteiger partial charge in [-0.05, 0) is 60.3 Å². The van der Waals surface area contributed by atoms with Gasteiger partial charge in [0, 0.05) is 18.7 Å². The molecule has 0 heterocycles. The predicted molar refractivity (Wildman–Crippen MR) is 94.1 cm³/mol. The molecule has 0 saturated heterocycles. The molecule has 2 saturated carbocycles. The molecule has 3 atom stereocenters. The van der Waals surface area contributed by atoms with Gasteiger partial charge in [0.15, 0.2) is 0 Å². The minimum absolute atomic E-state index is 0.000856. The summed E-state index contributed by atoms with van der Waals surface area (Å²) in [5, 5.41) is 2.64. The molecule has 2 aliphatic rings. The number of rotatable bonds is 4. The molecule has 24 heavy (non-hydrogen) atoms. The largest absolute Gasteiger partial charge is 0.326 e. The fraction of sp³-hybridized carbons (Fsp3) is 0.611. The van der Waals surface area contributed by atoms with Crippen molar-refractivity contribution in [2.45, 2.75) is 57.9 Å². The highest BCUT2D eigenvalue weighted by Gasteiger charge is 2.61. The molecule has 6 heteroatoms. The number of nitrogens with one attached hydrogen (secondary N) is 2. The Morgan fingerprint density at radius 2 is 1.79 bits per heavy atom. The Balaban J connectivity index is 1.79. The van der Waals surface area contributed by atoms with Crippen LogP contribution in [0.25, 0.3) is 0 Å². The first-order valence-corrected chi connectivity index (χ1v) is 9.94. The first kappa shape index (κ1) is 17.4. The maximum absolute atomic E-state index is 12.8. The number of fused-ring (bicyclic) bond motifs is 2. The summed E-state index contributed by atoms with van der Waals surface area (Å²) in [7, 11) is -3.56. The fourth-order valence-corrected chi connectivity index (χ4v) is 5.92. The average molecular weight is 350 g/mol. The first-order valence-electron chi connectivity index (χ1n) is 8.46. The molecule has 1 aromatic rings. The lowest BCUT2D eigenvalue weighted by atomic mass is 9.69. The number of anilines is 1. The van der Waals surface area contributed by atoms with Crippen LogP contribution < -0.4 is 10.0 Å². The molecule has 3 rings (SSSR count). The van der Waals surface area contributed by atoms with E-state index in [4.69, 9.17) is 0 Å². The molecule has 1 aromatic carbocycles. The molecule has 1 amide bonds. The molecule has 132 valence electrons. The van der Waals surface area contributed by atoms with Gasteiger partial charge >= 0.3 is 0 Å². The smallest absolute Gasteiger partial charge is 0.240 e. The summed E-state index contributed by atoms with van der Waals surface area (Å²) in [5.41, 5.74) is 0.755. The van der Waals surface area contributed by atoms with Crippen LogP contribution in [0.4, 0.5) is 5.69 Å². The van der Waals surface area contributed by atoms with Crippen molar-refractivity contribution < 1.29 is 13.2 Å². The zero-order chi connectivity index (χ0) is 17.8. The van der Waals surface area contributed by atoms with Gasteiger partial charge in [-0.3, -0.25) is 4.79 Å². The lowest BCUT2D eigenvalue weighted by molar-refractivity contribution is -0.114. The van der Waals surface area contributed by atoms with Gasteiger partial charge < -0.3 is 5.32 Å². The van der Waals surface area contributed by atoms with Gasteiger partial charge in [-0.25, -0.2) is 13.1 Å². The zero-order valence-electron chi connectivity index (χ0n) is 14.7. The molecule has 0 aromatic heterocycles. The predicted octanol–water partition coefficient (Wildman–Crippen LogP) is 3.14. The van der Waals surface area contributed by atoms with Crippen molar-refractivity contribution in [1.82, 2.24) is 4.72 Å². The summed E-state index contributed by atoms with van der Waals surface area (Å²) < 4.78 is 28.4. The van der Waals surface area contributed by atoms with E-state index in [2.05, 4.69) is 30.8 Å². The Morgan fingerprint density at radius 3 is 2.25 bits per heavy atom. The summed E-state index contributed by atoms with van der Waals surface area (Å²) >= 11 is 0. The van der Waals surface area contributed by atoms with Crippen molar-refractivity contribution in [2.75, 3.05) is 5.32 Å². The van der Waals surface area contributed by atoms with E-state index in [-0.39, 0.29) is 27.7 Å². The lowest BCUT2D eigenvalue weighted by Crippen LogP contribution is -2.46. The third kappa shape index (κ3) is 2.65. The van der Waals surface area contributed by atoms with Gasteiger partial charge in [-0.1, -0.05) is 20.8 Å². The Labute approximate surface area is 144 Å². The Bertz CT molecular complexity index is 755. The summed E-state index contributed by atoms with van der Waals surface area (Å²) in [6.07, 6.45) is 3.17. The lowest BCUT2D eigenvalue weighted by Gasteiger charge is -2.39. The third-order valence-electron chi connectivity index (χ3n) is 6.58. The first-order chi connectivity index (χ1) is 11.1. The third-order valence-corrected chi connectivity index (χ3v) is 8.06. The Morgan fingerprint density at radius 1 is 1.17 bits per heavy atom. The molecule has 2 aliphatic carbocycles. The van der Waals surface area contributed by atoms with E-state index >= 15 is 0 Å². The second-order valence-electron chi connectivity index (χ2n) is 7.99. The second kappa shape index (κ2) is 5.56. The number of benzene rings is 1. The quantitative estimate of drug-likeness (QED) is 0.876. The molecule has 2 bridgehead atoms. The van der Waals surface area contributed by atoms with Crippen molar-refractivity contribution in [3.05, 3.63) is 24.3 Å². The minimum atomic E-state index is -3.56. The fourth-order valence-electron chi connectivity index (χ4n) is 4.56.